The molecule has 0 saturated carbocycles. The van der Waals surface area contributed by atoms with Gasteiger partial charge in [-0.3, -0.25) is 4.79 Å². The molecule has 0 atom stereocenters. The maximum Gasteiger partial charge on any atom is 0.276 e. The van der Waals surface area contributed by atoms with Crippen LogP contribution in [0.2, 0.25) is 5.02 Å². The number of hydrogen-bond donors (Lipinski definition) is 2. The fourth-order valence-corrected chi connectivity index (χ4v) is 2.09. The molecule has 7 nitrogen and oxygen atoms in total. The third-order valence-electron chi connectivity index (χ3n) is 3.17. The molecule has 1 amide bonds. The molecule has 8 heteroatoms. The van der Waals surface area contributed by atoms with Gasteiger partial charge < -0.3 is 20.3 Å². The quantitative estimate of drug-likeness (QED) is 0.799. The lowest BCUT2D eigenvalue weighted by Crippen LogP contribution is -2.21. The Balaban J connectivity index is 2.01. The molecule has 1 aromatic heterocycles. The highest BCUT2D eigenvalue weighted by atomic mass is 35.5. The first kappa shape index (κ1) is 18.0. The zero-order chi connectivity index (χ0) is 17.5. The van der Waals surface area contributed by atoms with Crippen molar-refractivity contribution in [1.29, 1.82) is 0 Å². The van der Waals surface area contributed by atoms with Gasteiger partial charge in [-0.05, 0) is 44.4 Å². The summed E-state index contributed by atoms with van der Waals surface area (Å²) >= 11 is 5.95. The highest BCUT2D eigenvalue weighted by Crippen LogP contribution is 2.27. The van der Waals surface area contributed by atoms with Crippen molar-refractivity contribution in [2.75, 3.05) is 44.9 Å². The Bertz CT molecular complexity index is 691. The molecule has 0 radical (unpaired) electrons. The number of rotatable bonds is 7. The number of nitrogens with one attached hydrogen (secondary N) is 2. The fraction of sp³-hybridized carbons (Fsp3) is 0.312. The molecule has 0 aliphatic heterocycles. The van der Waals surface area contributed by atoms with Gasteiger partial charge in [-0.2, -0.15) is 0 Å². The van der Waals surface area contributed by atoms with Crippen molar-refractivity contribution in [2.45, 2.75) is 0 Å². The Labute approximate surface area is 146 Å². The first-order chi connectivity index (χ1) is 11.5. The number of amides is 1. The summed E-state index contributed by atoms with van der Waals surface area (Å²) in [5.41, 5.74) is 0.681. The zero-order valence-electron chi connectivity index (χ0n) is 13.8. The maximum absolute atomic E-state index is 12.3. The van der Waals surface area contributed by atoms with Crippen molar-refractivity contribution < 1.29 is 9.53 Å². The lowest BCUT2D eigenvalue weighted by molar-refractivity contribution is 0.102. The van der Waals surface area contributed by atoms with E-state index in [1.807, 2.05) is 14.1 Å². The highest BCUT2D eigenvalue weighted by Gasteiger charge is 2.12. The van der Waals surface area contributed by atoms with Crippen LogP contribution in [0.4, 0.5) is 11.5 Å². The van der Waals surface area contributed by atoms with Crippen molar-refractivity contribution in [3.8, 4) is 5.75 Å². The van der Waals surface area contributed by atoms with Gasteiger partial charge in [-0.25, -0.2) is 0 Å². The van der Waals surface area contributed by atoms with Crippen LogP contribution in [0.3, 0.4) is 0 Å². The molecule has 24 heavy (non-hydrogen) atoms. The van der Waals surface area contributed by atoms with Crippen LogP contribution < -0.4 is 15.4 Å². The van der Waals surface area contributed by atoms with E-state index < -0.39 is 0 Å². The summed E-state index contributed by atoms with van der Waals surface area (Å²) < 4.78 is 5.20. The first-order valence-corrected chi connectivity index (χ1v) is 7.74. The topological polar surface area (TPSA) is 79.4 Å². The summed E-state index contributed by atoms with van der Waals surface area (Å²) in [6.07, 6.45) is 0. The van der Waals surface area contributed by atoms with Gasteiger partial charge in [-0.1, -0.05) is 11.6 Å². The minimum atomic E-state index is -0.386. The second-order valence-corrected chi connectivity index (χ2v) is 5.77. The largest absolute Gasteiger partial charge is 0.495 e. The molecule has 0 saturated heterocycles. The lowest BCUT2D eigenvalue weighted by Gasteiger charge is -2.11. The van der Waals surface area contributed by atoms with Gasteiger partial charge in [0.2, 0.25) is 0 Å². The van der Waals surface area contributed by atoms with Gasteiger partial charge in [0.05, 0.1) is 12.8 Å². The van der Waals surface area contributed by atoms with Crippen molar-refractivity contribution in [3.63, 3.8) is 0 Å². The highest BCUT2D eigenvalue weighted by molar-refractivity contribution is 6.31. The molecular formula is C16H20ClN5O2. The Morgan fingerprint density at radius 2 is 2.04 bits per heavy atom. The van der Waals surface area contributed by atoms with Crippen LogP contribution in [0.25, 0.3) is 0 Å². The Hall–Kier alpha value is -2.38. The molecule has 2 aromatic rings. The van der Waals surface area contributed by atoms with Crippen LogP contribution in [-0.2, 0) is 0 Å². The average molecular weight is 350 g/mol. The number of carbonyl (C=O) groups is 1. The number of nitrogens with zero attached hydrogens (tertiary/aromatic N) is 3. The second-order valence-electron chi connectivity index (χ2n) is 5.33. The Morgan fingerprint density at radius 3 is 2.67 bits per heavy atom. The number of halogens is 1. The molecule has 0 unspecified atom stereocenters. The van der Waals surface area contributed by atoms with Crippen molar-refractivity contribution in [2.24, 2.45) is 0 Å². The molecule has 0 spiro atoms. The third-order valence-corrected chi connectivity index (χ3v) is 3.41. The van der Waals surface area contributed by atoms with Gasteiger partial charge in [0.1, 0.15) is 11.6 Å². The van der Waals surface area contributed by atoms with E-state index in [9.17, 15) is 4.79 Å². The Kier molecular flexibility index (Phi) is 6.34. The molecule has 1 aromatic carbocycles. The molecule has 1 heterocycles. The number of aromatic nitrogens is 2. The van der Waals surface area contributed by atoms with Crippen LogP contribution in [0.1, 0.15) is 10.5 Å². The number of carbonyl (C=O) groups excluding carboxylic acids is 1. The summed E-state index contributed by atoms with van der Waals surface area (Å²) in [5, 5.41) is 14.3. The minimum Gasteiger partial charge on any atom is -0.495 e. The van der Waals surface area contributed by atoms with Crippen molar-refractivity contribution >= 4 is 29.0 Å². The summed E-state index contributed by atoms with van der Waals surface area (Å²) in [6, 6.07) is 8.30. The van der Waals surface area contributed by atoms with E-state index in [0.29, 0.717) is 22.3 Å². The minimum absolute atomic E-state index is 0.204. The van der Waals surface area contributed by atoms with E-state index in [0.717, 1.165) is 13.1 Å². The predicted octanol–water partition coefficient (Wildman–Crippen LogP) is 2.36. The van der Waals surface area contributed by atoms with Crippen LogP contribution in [0.5, 0.6) is 5.75 Å². The number of anilines is 2. The second kappa shape index (κ2) is 8.47. The summed E-state index contributed by atoms with van der Waals surface area (Å²) in [7, 11) is 5.50. The van der Waals surface area contributed by atoms with Crippen LogP contribution in [0.15, 0.2) is 30.3 Å². The molecule has 128 valence electrons. The zero-order valence-corrected chi connectivity index (χ0v) is 14.6. The standard InChI is InChI=1S/C16H20ClN5O2/c1-22(2)9-8-18-15-7-5-12(20-21-15)16(23)19-13-10-11(17)4-6-14(13)24-3/h4-7,10H,8-9H2,1-3H3,(H,18,21)(H,19,23). The monoisotopic (exact) mass is 349 g/mol. The van der Waals surface area contributed by atoms with Crippen molar-refractivity contribution in [1.82, 2.24) is 15.1 Å². The summed E-state index contributed by atoms with van der Waals surface area (Å²) in [6.45, 7) is 1.62. The third kappa shape index (κ3) is 5.07. The van der Waals surface area contributed by atoms with E-state index in [1.165, 1.54) is 7.11 Å². The van der Waals surface area contributed by atoms with Gasteiger partial charge >= 0.3 is 0 Å². The molecule has 0 aliphatic carbocycles. The van der Waals surface area contributed by atoms with E-state index in [4.69, 9.17) is 16.3 Å². The predicted molar refractivity (Wildman–Crippen MR) is 95.0 cm³/mol. The smallest absolute Gasteiger partial charge is 0.276 e. The van der Waals surface area contributed by atoms with E-state index >= 15 is 0 Å². The van der Waals surface area contributed by atoms with E-state index in [2.05, 4.69) is 25.7 Å². The van der Waals surface area contributed by atoms with E-state index in [1.54, 1.807) is 30.3 Å². The van der Waals surface area contributed by atoms with Gasteiger partial charge in [-0.15, -0.1) is 10.2 Å². The summed E-state index contributed by atoms with van der Waals surface area (Å²) in [5.74, 6) is 0.749. The molecule has 2 rings (SSSR count). The van der Waals surface area contributed by atoms with E-state index in [-0.39, 0.29) is 11.6 Å². The number of likely N-dealkylation sites (N-methyl/N-ethyl adjacent to an activating group) is 1. The summed E-state index contributed by atoms with van der Waals surface area (Å²) in [4.78, 5) is 14.3. The molecule has 0 bridgehead atoms. The van der Waals surface area contributed by atoms with Gasteiger partial charge in [0, 0.05) is 18.1 Å². The number of benzene rings is 1. The molecule has 0 fully saturated rings. The normalized spacial score (nSPS) is 10.5. The molecular weight excluding hydrogens is 330 g/mol. The molecule has 2 N–H and O–H groups in total. The van der Waals surface area contributed by atoms with Crippen LogP contribution in [0, 0.1) is 0 Å². The SMILES string of the molecule is COc1ccc(Cl)cc1NC(=O)c1ccc(NCCN(C)C)nn1. The number of methoxy groups -OCH3 is 1. The van der Waals surface area contributed by atoms with Crippen LogP contribution >= 0.6 is 11.6 Å². The average Bonchev–Trinajstić information content (AvgIpc) is 2.55. The molecule has 0 aliphatic rings. The maximum atomic E-state index is 12.3. The lowest BCUT2D eigenvalue weighted by atomic mass is 10.2. The van der Waals surface area contributed by atoms with Crippen LogP contribution in [-0.4, -0.2) is 55.3 Å². The first-order valence-electron chi connectivity index (χ1n) is 7.37. The fourth-order valence-electron chi connectivity index (χ4n) is 1.92. The number of ether oxygens (including phenoxy) is 1. The Morgan fingerprint density at radius 1 is 1.25 bits per heavy atom. The number of hydrogen-bond acceptors (Lipinski definition) is 6. The van der Waals surface area contributed by atoms with Crippen molar-refractivity contribution in [3.05, 3.63) is 41.0 Å². The van der Waals surface area contributed by atoms with Gasteiger partial charge in [0.25, 0.3) is 5.91 Å². The van der Waals surface area contributed by atoms with Gasteiger partial charge in [0.15, 0.2) is 5.69 Å².